The maximum Gasteiger partial charge on any atom is 0.418 e. The highest BCUT2D eigenvalue weighted by atomic mass is 19.4. The van der Waals surface area contributed by atoms with Gasteiger partial charge in [-0.15, -0.1) is 0 Å². The van der Waals surface area contributed by atoms with Crippen LogP contribution in [0.5, 0.6) is 11.5 Å². The number of hydrogen-bond donors (Lipinski definition) is 1. The SMILES string of the molecule is N#Cc1ccc(Nc2ncc(C(F)(F)F)cc2Oc2ccc(F)c(F)c2)nc1. The topological polar surface area (TPSA) is 70.8 Å². The zero-order valence-corrected chi connectivity index (χ0v) is 13.8. The van der Waals surface area contributed by atoms with Crippen molar-refractivity contribution in [3.05, 3.63) is 71.6 Å². The van der Waals surface area contributed by atoms with Crippen LogP contribution in [0.1, 0.15) is 11.1 Å². The minimum Gasteiger partial charge on any atom is -0.453 e. The summed E-state index contributed by atoms with van der Waals surface area (Å²) in [7, 11) is 0. The molecule has 0 aliphatic carbocycles. The van der Waals surface area contributed by atoms with Crippen LogP contribution in [0, 0.1) is 23.0 Å². The van der Waals surface area contributed by atoms with Gasteiger partial charge in [-0.2, -0.15) is 18.4 Å². The van der Waals surface area contributed by atoms with Crippen molar-refractivity contribution >= 4 is 11.6 Å². The molecular formula is C18H9F5N4O. The summed E-state index contributed by atoms with van der Waals surface area (Å²) in [6, 6.07) is 7.93. The zero-order valence-electron chi connectivity index (χ0n) is 13.8. The first-order valence-corrected chi connectivity index (χ1v) is 7.59. The molecule has 142 valence electrons. The lowest BCUT2D eigenvalue weighted by molar-refractivity contribution is -0.137. The van der Waals surface area contributed by atoms with Crippen molar-refractivity contribution in [3.8, 4) is 17.6 Å². The Bertz CT molecular complexity index is 1050. The molecule has 0 spiro atoms. The van der Waals surface area contributed by atoms with E-state index < -0.39 is 23.4 Å². The normalized spacial score (nSPS) is 11.0. The average molecular weight is 392 g/mol. The van der Waals surface area contributed by atoms with Crippen molar-refractivity contribution in [3.63, 3.8) is 0 Å². The number of nitriles is 1. The molecule has 0 saturated heterocycles. The van der Waals surface area contributed by atoms with Gasteiger partial charge in [-0.25, -0.2) is 18.7 Å². The fraction of sp³-hybridized carbons (Fsp3) is 0.0556. The molecule has 0 amide bonds. The second kappa shape index (κ2) is 7.48. The third kappa shape index (κ3) is 4.32. The molecule has 0 aliphatic rings. The van der Waals surface area contributed by atoms with Gasteiger partial charge in [-0.05, 0) is 30.3 Å². The molecule has 5 nitrogen and oxygen atoms in total. The summed E-state index contributed by atoms with van der Waals surface area (Å²) < 4.78 is 70.7. The van der Waals surface area contributed by atoms with Crippen molar-refractivity contribution in [1.29, 1.82) is 5.26 Å². The van der Waals surface area contributed by atoms with E-state index >= 15 is 0 Å². The molecule has 2 aromatic heterocycles. The first-order valence-electron chi connectivity index (χ1n) is 7.59. The summed E-state index contributed by atoms with van der Waals surface area (Å²) in [4.78, 5) is 7.62. The lowest BCUT2D eigenvalue weighted by Crippen LogP contribution is -2.08. The molecule has 1 N–H and O–H groups in total. The van der Waals surface area contributed by atoms with Gasteiger partial charge < -0.3 is 10.1 Å². The maximum atomic E-state index is 13.4. The predicted molar refractivity (Wildman–Crippen MR) is 87.9 cm³/mol. The molecule has 0 atom stereocenters. The molecule has 0 bridgehead atoms. The van der Waals surface area contributed by atoms with Gasteiger partial charge in [0.05, 0.1) is 11.1 Å². The Morgan fingerprint density at radius 3 is 2.36 bits per heavy atom. The number of halogens is 5. The molecule has 28 heavy (non-hydrogen) atoms. The third-order valence-electron chi connectivity index (χ3n) is 3.44. The minimum atomic E-state index is -4.69. The van der Waals surface area contributed by atoms with Gasteiger partial charge in [0.25, 0.3) is 0 Å². The zero-order chi connectivity index (χ0) is 20.3. The quantitative estimate of drug-likeness (QED) is 0.620. The van der Waals surface area contributed by atoms with Crippen molar-refractivity contribution < 1.29 is 26.7 Å². The number of anilines is 2. The van der Waals surface area contributed by atoms with Crippen molar-refractivity contribution in [2.75, 3.05) is 5.32 Å². The molecule has 0 radical (unpaired) electrons. The first kappa shape index (κ1) is 19.0. The number of pyridine rings is 2. The Morgan fingerprint density at radius 1 is 0.964 bits per heavy atom. The summed E-state index contributed by atoms with van der Waals surface area (Å²) in [5.74, 6) is -2.92. The van der Waals surface area contributed by atoms with Gasteiger partial charge >= 0.3 is 6.18 Å². The van der Waals surface area contributed by atoms with Crippen LogP contribution in [0.4, 0.5) is 33.6 Å². The number of nitrogens with one attached hydrogen (secondary N) is 1. The van der Waals surface area contributed by atoms with Crippen molar-refractivity contribution in [2.45, 2.75) is 6.18 Å². The molecule has 0 unspecified atom stereocenters. The van der Waals surface area contributed by atoms with Gasteiger partial charge in [0.2, 0.25) is 0 Å². The van der Waals surface area contributed by atoms with Crippen LogP contribution in [0.3, 0.4) is 0 Å². The largest absolute Gasteiger partial charge is 0.453 e. The average Bonchev–Trinajstić information content (AvgIpc) is 2.66. The van der Waals surface area contributed by atoms with Gasteiger partial charge in [0, 0.05) is 18.5 Å². The second-order valence-corrected chi connectivity index (χ2v) is 5.42. The van der Waals surface area contributed by atoms with Crippen molar-refractivity contribution in [2.24, 2.45) is 0 Å². The number of benzene rings is 1. The molecule has 0 aliphatic heterocycles. The summed E-state index contributed by atoms with van der Waals surface area (Å²) in [5.41, 5.74) is -0.812. The molecule has 3 rings (SSSR count). The Morgan fingerprint density at radius 2 is 1.75 bits per heavy atom. The molecule has 2 heterocycles. The van der Waals surface area contributed by atoms with Gasteiger partial charge in [-0.3, -0.25) is 0 Å². The fourth-order valence-electron chi connectivity index (χ4n) is 2.09. The lowest BCUT2D eigenvalue weighted by Gasteiger charge is -2.14. The maximum absolute atomic E-state index is 13.4. The van der Waals surface area contributed by atoms with E-state index in [1.165, 1.54) is 18.3 Å². The van der Waals surface area contributed by atoms with E-state index in [9.17, 15) is 22.0 Å². The predicted octanol–water partition coefficient (Wildman–Crippen LogP) is 5.18. The second-order valence-electron chi connectivity index (χ2n) is 5.42. The summed E-state index contributed by atoms with van der Waals surface area (Å²) in [6.45, 7) is 0. The van der Waals surface area contributed by atoms with E-state index in [2.05, 4.69) is 15.3 Å². The highest BCUT2D eigenvalue weighted by Gasteiger charge is 2.32. The number of aromatic nitrogens is 2. The molecule has 1 aromatic carbocycles. The van der Waals surface area contributed by atoms with Gasteiger partial charge in [0.1, 0.15) is 17.6 Å². The smallest absolute Gasteiger partial charge is 0.418 e. The van der Waals surface area contributed by atoms with Crippen LogP contribution < -0.4 is 10.1 Å². The Labute approximate surface area is 155 Å². The summed E-state index contributed by atoms with van der Waals surface area (Å²) in [5, 5.41) is 11.4. The monoisotopic (exact) mass is 392 g/mol. The van der Waals surface area contributed by atoms with E-state index in [-0.39, 0.29) is 28.7 Å². The van der Waals surface area contributed by atoms with Gasteiger partial charge in [-0.1, -0.05) is 0 Å². The van der Waals surface area contributed by atoms with Crippen LogP contribution in [-0.2, 0) is 6.18 Å². The van der Waals surface area contributed by atoms with Crippen molar-refractivity contribution in [1.82, 2.24) is 9.97 Å². The number of rotatable bonds is 4. The van der Waals surface area contributed by atoms with Crippen LogP contribution in [0.25, 0.3) is 0 Å². The van der Waals surface area contributed by atoms with E-state index in [4.69, 9.17) is 10.00 Å². The van der Waals surface area contributed by atoms with Crippen LogP contribution >= 0.6 is 0 Å². The lowest BCUT2D eigenvalue weighted by atomic mass is 10.2. The number of nitrogens with zero attached hydrogens (tertiary/aromatic N) is 3. The van der Waals surface area contributed by atoms with Gasteiger partial charge in [0.15, 0.2) is 23.2 Å². The van der Waals surface area contributed by atoms with Crippen LogP contribution in [0.15, 0.2) is 48.8 Å². The summed E-state index contributed by atoms with van der Waals surface area (Å²) >= 11 is 0. The van der Waals surface area contributed by atoms with E-state index in [1.54, 1.807) is 0 Å². The molecule has 0 fully saturated rings. The van der Waals surface area contributed by atoms with Crippen LogP contribution in [-0.4, -0.2) is 9.97 Å². The number of ether oxygens (including phenoxy) is 1. The molecular weight excluding hydrogens is 383 g/mol. The van der Waals surface area contributed by atoms with E-state index in [1.807, 2.05) is 6.07 Å². The highest BCUT2D eigenvalue weighted by Crippen LogP contribution is 2.36. The Balaban J connectivity index is 1.98. The molecule has 3 aromatic rings. The Hall–Kier alpha value is -3.74. The van der Waals surface area contributed by atoms with E-state index in [0.717, 1.165) is 12.1 Å². The molecule has 10 heteroatoms. The molecule has 0 saturated carbocycles. The first-order chi connectivity index (χ1) is 13.3. The van der Waals surface area contributed by atoms with Crippen LogP contribution in [0.2, 0.25) is 0 Å². The minimum absolute atomic E-state index is 0.144. The highest BCUT2D eigenvalue weighted by molar-refractivity contribution is 5.61. The summed E-state index contributed by atoms with van der Waals surface area (Å²) in [6.07, 6.45) is -2.85. The Kier molecular flexibility index (Phi) is 5.08. The number of hydrogen-bond acceptors (Lipinski definition) is 5. The number of alkyl halides is 3. The standard InChI is InChI=1S/C18H9F5N4O/c19-13-3-2-12(6-14(13)20)28-15-5-11(18(21,22)23)9-26-17(15)27-16-4-1-10(7-24)8-25-16/h1-6,8-9H,(H,25,26,27). The van der Waals surface area contributed by atoms with E-state index in [0.29, 0.717) is 18.3 Å². The fourth-order valence-corrected chi connectivity index (χ4v) is 2.09. The third-order valence-corrected chi connectivity index (χ3v) is 3.44.